The topological polar surface area (TPSA) is 130 Å². The van der Waals surface area contributed by atoms with Crippen LogP contribution in [0.3, 0.4) is 0 Å². The molecule has 0 radical (unpaired) electrons. The number of carbonyl (C=O) groups excluding carboxylic acids is 3. The SMILES string of the molecule is CN(Cc1ccccc1)S(=O)(=O)c1nnc(NC(=O)CN2C(=O)c3ccccc3C2=O)s1. The zero-order valence-electron chi connectivity index (χ0n) is 16.8. The Balaban J connectivity index is 1.41. The Morgan fingerprint density at radius 3 is 2.22 bits per heavy atom. The van der Waals surface area contributed by atoms with Crippen molar-refractivity contribution >= 4 is 44.2 Å². The van der Waals surface area contributed by atoms with E-state index in [1.165, 1.54) is 19.2 Å². The smallest absolute Gasteiger partial charge is 0.272 e. The lowest BCUT2D eigenvalue weighted by Crippen LogP contribution is -2.37. The predicted octanol–water partition coefficient (Wildman–Crippen LogP) is 1.59. The van der Waals surface area contributed by atoms with Gasteiger partial charge in [-0.3, -0.25) is 24.6 Å². The molecule has 0 fully saturated rings. The number of fused-ring (bicyclic) bond motifs is 1. The van der Waals surface area contributed by atoms with Gasteiger partial charge in [0.15, 0.2) is 0 Å². The maximum absolute atomic E-state index is 12.7. The zero-order valence-corrected chi connectivity index (χ0v) is 18.4. The van der Waals surface area contributed by atoms with Crippen molar-refractivity contribution in [3.05, 3.63) is 71.3 Å². The van der Waals surface area contributed by atoms with Crippen LogP contribution in [0.5, 0.6) is 0 Å². The highest BCUT2D eigenvalue weighted by Crippen LogP contribution is 2.25. The molecule has 3 aromatic rings. The molecule has 0 saturated carbocycles. The van der Waals surface area contributed by atoms with Crippen molar-refractivity contribution in [3.8, 4) is 0 Å². The Kier molecular flexibility index (Phi) is 5.82. The van der Waals surface area contributed by atoms with Gasteiger partial charge in [-0.2, -0.15) is 4.31 Å². The number of hydrogen-bond donors (Lipinski definition) is 1. The summed E-state index contributed by atoms with van der Waals surface area (Å²) in [6, 6.07) is 15.3. The van der Waals surface area contributed by atoms with Crippen LogP contribution in [-0.4, -0.2) is 59.1 Å². The number of carbonyl (C=O) groups is 3. The van der Waals surface area contributed by atoms with Gasteiger partial charge in [0.05, 0.1) is 11.1 Å². The molecular formula is C20H17N5O5S2. The van der Waals surface area contributed by atoms with E-state index in [4.69, 9.17) is 0 Å². The Labute approximate surface area is 187 Å². The highest BCUT2D eigenvalue weighted by Gasteiger charge is 2.36. The van der Waals surface area contributed by atoms with Gasteiger partial charge in [-0.05, 0) is 17.7 Å². The molecular weight excluding hydrogens is 454 g/mol. The molecule has 1 aliphatic rings. The van der Waals surface area contributed by atoms with E-state index in [1.807, 2.05) is 18.2 Å². The summed E-state index contributed by atoms with van der Waals surface area (Å²) in [6.45, 7) is -0.383. The molecule has 1 aromatic heterocycles. The second-order valence-electron chi connectivity index (χ2n) is 6.91. The predicted molar refractivity (Wildman–Crippen MR) is 115 cm³/mol. The minimum atomic E-state index is -3.92. The normalized spacial score (nSPS) is 13.5. The van der Waals surface area contributed by atoms with Gasteiger partial charge >= 0.3 is 0 Å². The van der Waals surface area contributed by atoms with Crippen LogP contribution in [0.15, 0.2) is 58.9 Å². The highest BCUT2D eigenvalue weighted by atomic mass is 32.2. The fraction of sp³-hybridized carbons (Fsp3) is 0.150. The molecule has 0 atom stereocenters. The number of sulfonamides is 1. The van der Waals surface area contributed by atoms with Crippen LogP contribution >= 0.6 is 11.3 Å². The minimum Gasteiger partial charge on any atom is -0.299 e. The number of benzene rings is 2. The molecule has 164 valence electrons. The van der Waals surface area contributed by atoms with Crippen LogP contribution < -0.4 is 5.32 Å². The first-order valence-electron chi connectivity index (χ1n) is 9.36. The van der Waals surface area contributed by atoms with Crippen LogP contribution in [0.1, 0.15) is 26.3 Å². The number of hydrogen-bond acceptors (Lipinski definition) is 8. The lowest BCUT2D eigenvalue weighted by Gasteiger charge is -2.14. The molecule has 0 aliphatic carbocycles. The maximum Gasteiger partial charge on any atom is 0.272 e. The number of rotatable bonds is 7. The van der Waals surface area contributed by atoms with Crippen LogP contribution in [0.2, 0.25) is 0 Å². The third kappa shape index (κ3) is 4.15. The summed E-state index contributed by atoms with van der Waals surface area (Å²) in [7, 11) is -2.50. The molecule has 0 unspecified atom stereocenters. The van der Waals surface area contributed by atoms with E-state index in [0.717, 1.165) is 14.8 Å². The van der Waals surface area contributed by atoms with E-state index < -0.39 is 34.3 Å². The first kappa shape index (κ1) is 21.7. The van der Waals surface area contributed by atoms with E-state index in [1.54, 1.807) is 24.3 Å². The monoisotopic (exact) mass is 471 g/mol. The van der Waals surface area contributed by atoms with Crippen molar-refractivity contribution in [3.63, 3.8) is 0 Å². The minimum absolute atomic E-state index is 0.0571. The standard InChI is InChI=1S/C20H17N5O5S2/c1-24(11-13-7-3-2-4-8-13)32(29,30)20-23-22-19(31-20)21-16(26)12-25-17(27)14-9-5-6-10-15(14)18(25)28/h2-10H,11-12H2,1H3,(H,21,22,26). The molecule has 10 nitrogen and oxygen atoms in total. The largest absolute Gasteiger partial charge is 0.299 e. The van der Waals surface area contributed by atoms with E-state index in [-0.39, 0.29) is 27.1 Å². The van der Waals surface area contributed by atoms with Gasteiger partial charge in [0.1, 0.15) is 6.54 Å². The Morgan fingerprint density at radius 1 is 1.00 bits per heavy atom. The second-order valence-corrected chi connectivity index (χ2v) is 10.1. The molecule has 4 rings (SSSR count). The molecule has 0 spiro atoms. The van der Waals surface area contributed by atoms with Gasteiger partial charge < -0.3 is 0 Å². The van der Waals surface area contributed by atoms with Crippen LogP contribution in [0.4, 0.5) is 5.13 Å². The fourth-order valence-electron chi connectivity index (χ4n) is 3.11. The summed E-state index contributed by atoms with van der Waals surface area (Å²) in [6.07, 6.45) is 0. The quantitative estimate of drug-likeness (QED) is 0.409. The lowest BCUT2D eigenvalue weighted by molar-refractivity contribution is -0.116. The molecule has 1 N–H and O–H groups in total. The van der Waals surface area contributed by atoms with Crippen molar-refractivity contribution in [2.24, 2.45) is 0 Å². The summed E-state index contributed by atoms with van der Waals surface area (Å²) in [5, 5.41) is 9.72. The maximum atomic E-state index is 12.7. The molecule has 12 heteroatoms. The lowest BCUT2D eigenvalue weighted by atomic mass is 10.1. The molecule has 32 heavy (non-hydrogen) atoms. The number of anilines is 1. The van der Waals surface area contributed by atoms with Gasteiger partial charge in [0, 0.05) is 13.6 Å². The molecule has 1 aliphatic heterocycles. The zero-order chi connectivity index (χ0) is 22.9. The Bertz CT molecular complexity index is 1270. The van der Waals surface area contributed by atoms with Crippen molar-refractivity contribution < 1.29 is 22.8 Å². The van der Waals surface area contributed by atoms with Crippen molar-refractivity contribution in [1.82, 2.24) is 19.4 Å². The molecule has 2 heterocycles. The highest BCUT2D eigenvalue weighted by molar-refractivity contribution is 7.91. The first-order valence-corrected chi connectivity index (χ1v) is 11.6. The van der Waals surface area contributed by atoms with Gasteiger partial charge in [0.25, 0.3) is 21.8 Å². The Hall–Kier alpha value is -3.48. The van der Waals surface area contributed by atoms with Crippen molar-refractivity contribution in [2.75, 3.05) is 18.9 Å². The van der Waals surface area contributed by atoms with Crippen molar-refractivity contribution in [2.45, 2.75) is 10.9 Å². The molecule has 0 bridgehead atoms. The van der Waals surface area contributed by atoms with Gasteiger partial charge in [-0.1, -0.05) is 53.8 Å². The van der Waals surface area contributed by atoms with E-state index >= 15 is 0 Å². The van der Waals surface area contributed by atoms with Crippen LogP contribution in [0.25, 0.3) is 0 Å². The summed E-state index contributed by atoms with van der Waals surface area (Å²) < 4.78 is 26.3. The average Bonchev–Trinajstić information content (AvgIpc) is 3.34. The third-order valence-electron chi connectivity index (χ3n) is 4.71. The van der Waals surface area contributed by atoms with E-state index in [0.29, 0.717) is 11.3 Å². The van der Waals surface area contributed by atoms with Gasteiger partial charge in [-0.25, -0.2) is 8.42 Å². The summed E-state index contributed by atoms with van der Waals surface area (Å²) >= 11 is 0.682. The summed E-state index contributed by atoms with van der Waals surface area (Å²) in [5.41, 5.74) is 1.27. The first-order chi connectivity index (χ1) is 15.3. The fourth-order valence-corrected chi connectivity index (χ4v) is 5.37. The number of nitrogens with one attached hydrogen (secondary N) is 1. The van der Waals surface area contributed by atoms with E-state index in [2.05, 4.69) is 15.5 Å². The van der Waals surface area contributed by atoms with Gasteiger partial charge in [-0.15, -0.1) is 10.2 Å². The summed E-state index contributed by atoms with van der Waals surface area (Å²) in [5.74, 6) is -1.83. The third-order valence-corrected chi connectivity index (χ3v) is 7.70. The van der Waals surface area contributed by atoms with Gasteiger partial charge in [0.2, 0.25) is 15.4 Å². The number of amides is 3. The second kappa shape index (κ2) is 8.57. The molecule has 0 saturated heterocycles. The van der Waals surface area contributed by atoms with Crippen molar-refractivity contribution in [1.29, 1.82) is 0 Å². The molecule has 2 aromatic carbocycles. The Morgan fingerprint density at radius 2 is 1.59 bits per heavy atom. The average molecular weight is 472 g/mol. The number of aromatic nitrogens is 2. The van der Waals surface area contributed by atoms with E-state index in [9.17, 15) is 22.8 Å². The van der Waals surface area contributed by atoms with Crippen LogP contribution in [0, 0.1) is 0 Å². The van der Waals surface area contributed by atoms with Crippen LogP contribution in [-0.2, 0) is 21.4 Å². The number of nitrogens with zero attached hydrogens (tertiary/aromatic N) is 4. The molecule has 3 amide bonds. The number of imide groups is 1. The summed E-state index contributed by atoms with van der Waals surface area (Å²) in [4.78, 5) is 37.9.